The normalized spacial score (nSPS) is 12.1. The molecule has 0 aliphatic carbocycles. The van der Waals surface area contributed by atoms with Gasteiger partial charge in [-0.3, -0.25) is 0 Å². The van der Waals surface area contributed by atoms with Gasteiger partial charge in [-0.05, 0) is 34.7 Å². The molecule has 0 bridgehead atoms. The van der Waals surface area contributed by atoms with Gasteiger partial charge in [0.2, 0.25) is 0 Å². The Balaban J connectivity index is 2.14. The highest BCUT2D eigenvalue weighted by molar-refractivity contribution is 5.70. The van der Waals surface area contributed by atoms with Crippen molar-refractivity contribution < 1.29 is 0 Å². The molecule has 0 nitrogen and oxygen atoms in total. The highest BCUT2D eigenvalue weighted by atomic mass is 14.2. The smallest absolute Gasteiger partial charge is 0.00697 e. The van der Waals surface area contributed by atoms with Crippen LogP contribution in [0.4, 0.5) is 0 Å². The minimum Gasteiger partial charge on any atom is -0.0622 e. The van der Waals surface area contributed by atoms with E-state index in [4.69, 9.17) is 0 Å². The van der Waals surface area contributed by atoms with Crippen molar-refractivity contribution in [3.8, 4) is 11.1 Å². The van der Waals surface area contributed by atoms with Crippen LogP contribution in [-0.2, 0) is 0 Å². The quantitative estimate of drug-likeness (QED) is 0.564. The molecule has 3 aromatic carbocycles. The molecule has 0 heterocycles. The van der Waals surface area contributed by atoms with Crippen LogP contribution >= 0.6 is 0 Å². The molecule has 3 aromatic rings. The molecular weight excluding hydrogens is 252 g/mol. The van der Waals surface area contributed by atoms with Crippen molar-refractivity contribution in [1.82, 2.24) is 0 Å². The van der Waals surface area contributed by atoms with Gasteiger partial charge in [0.1, 0.15) is 0 Å². The molecule has 0 saturated carbocycles. The molecule has 0 radical (unpaired) electrons. The summed E-state index contributed by atoms with van der Waals surface area (Å²) in [5, 5.41) is 0. The Bertz CT molecular complexity index is 712. The Morgan fingerprint density at radius 2 is 1.29 bits per heavy atom. The second kappa shape index (κ2) is 5.97. The van der Waals surface area contributed by atoms with Gasteiger partial charge in [0.15, 0.2) is 0 Å². The van der Waals surface area contributed by atoms with Crippen molar-refractivity contribution in [3.63, 3.8) is 0 Å². The van der Waals surface area contributed by atoms with Crippen LogP contribution in [0, 0.1) is 6.92 Å². The van der Waals surface area contributed by atoms with Crippen LogP contribution in [0.2, 0.25) is 0 Å². The van der Waals surface area contributed by atoms with E-state index in [1.165, 1.54) is 27.8 Å². The number of hydrogen-bond donors (Lipinski definition) is 0. The summed E-state index contributed by atoms with van der Waals surface area (Å²) in [4.78, 5) is 0. The van der Waals surface area contributed by atoms with Gasteiger partial charge in [0, 0.05) is 5.92 Å². The summed E-state index contributed by atoms with van der Waals surface area (Å²) in [5.74, 6) is 0.391. The predicted octanol–water partition coefficient (Wildman–Crippen LogP) is 5.81. The first kappa shape index (κ1) is 13.6. The minimum absolute atomic E-state index is 0.391. The fraction of sp³-hybridized carbons (Fsp3) is 0.143. The Labute approximate surface area is 127 Å². The standard InChI is InChI=1S/C21H20/c1-16-10-9-15-20(19-13-7-4-8-14-19)21(16)17(2)18-11-5-3-6-12-18/h3-15,17H,1-2H3. The first-order valence-electron chi connectivity index (χ1n) is 7.47. The first-order chi connectivity index (χ1) is 10.3. The van der Waals surface area contributed by atoms with Crippen LogP contribution in [0.15, 0.2) is 78.9 Å². The van der Waals surface area contributed by atoms with Gasteiger partial charge in [0.25, 0.3) is 0 Å². The zero-order valence-corrected chi connectivity index (χ0v) is 12.6. The van der Waals surface area contributed by atoms with E-state index in [9.17, 15) is 0 Å². The summed E-state index contributed by atoms with van der Waals surface area (Å²) in [7, 11) is 0. The summed E-state index contributed by atoms with van der Waals surface area (Å²) in [6, 6.07) is 28.0. The van der Waals surface area contributed by atoms with Crippen molar-refractivity contribution in [2.24, 2.45) is 0 Å². The Morgan fingerprint density at radius 1 is 0.667 bits per heavy atom. The van der Waals surface area contributed by atoms with Crippen molar-refractivity contribution in [1.29, 1.82) is 0 Å². The van der Waals surface area contributed by atoms with Crippen LogP contribution in [0.5, 0.6) is 0 Å². The number of rotatable bonds is 3. The lowest BCUT2D eigenvalue weighted by Gasteiger charge is -2.20. The van der Waals surface area contributed by atoms with E-state index in [2.05, 4.69) is 92.7 Å². The Hall–Kier alpha value is -2.34. The lowest BCUT2D eigenvalue weighted by Crippen LogP contribution is -2.01. The van der Waals surface area contributed by atoms with Crippen LogP contribution in [0.25, 0.3) is 11.1 Å². The highest BCUT2D eigenvalue weighted by Crippen LogP contribution is 2.35. The van der Waals surface area contributed by atoms with Gasteiger partial charge in [0.05, 0.1) is 0 Å². The van der Waals surface area contributed by atoms with E-state index < -0.39 is 0 Å². The van der Waals surface area contributed by atoms with Crippen molar-refractivity contribution >= 4 is 0 Å². The van der Waals surface area contributed by atoms with E-state index in [0.29, 0.717) is 5.92 Å². The maximum atomic E-state index is 2.30. The molecule has 0 amide bonds. The molecule has 104 valence electrons. The van der Waals surface area contributed by atoms with Gasteiger partial charge in [-0.25, -0.2) is 0 Å². The van der Waals surface area contributed by atoms with Gasteiger partial charge in [-0.2, -0.15) is 0 Å². The van der Waals surface area contributed by atoms with Crippen LogP contribution in [0.1, 0.15) is 29.5 Å². The lowest BCUT2D eigenvalue weighted by molar-refractivity contribution is 0.913. The number of aryl methyl sites for hydroxylation is 1. The maximum absolute atomic E-state index is 2.30. The topological polar surface area (TPSA) is 0 Å². The fourth-order valence-electron chi connectivity index (χ4n) is 3.03. The Kier molecular flexibility index (Phi) is 3.87. The molecule has 1 atom stereocenters. The molecular formula is C21H20. The number of benzene rings is 3. The maximum Gasteiger partial charge on any atom is 0.00697 e. The first-order valence-corrected chi connectivity index (χ1v) is 7.47. The largest absolute Gasteiger partial charge is 0.0622 e. The molecule has 0 aromatic heterocycles. The van der Waals surface area contributed by atoms with Crippen LogP contribution in [-0.4, -0.2) is 0 Å². The molecule has 0 saturated heterocycles. The third-order valence-corrected chi connectivity index (χ3v) is 4.14. The molecule has 0 aliphatic rings. The molecule has 0 N–H and O–H groups in total. The summed E-state index contributed by atoms with van der Waals surface area (Å²) in [5.41, 5.74) is 6.78. The summed E-state index contributed by atoms with van der Waals surface area (Å²) in [6.07, 6.45) is 0. The molecule has 0 fully saturated rings. The SMILES string of the molecule is Cc1cccc(-c2ccccc2)c1C(C)c1ccccc1. The molecule has 0 heteroatoms. The van der Waals surface area contributed by atoms with Gasteiger partial charge in [-0.15, -0.1) is 0 Å². The zero-order chi connectivity index (χ0) is 14.7. The molecule has 21 heavy (non-hydrogen) atoms. The zero-order valence-electron chi connectivity index (χ0n) is 12.6. The molecule has 1 unspecified atom stereocenters. The minimum atomic E-state index is 0.391. The fourth-order valence-corrected chi connectivity index (χ4v) is 3.03. The third kappa shape index (κ3) is 2.75. The van der Waals surface area contributed by atoms with E-state index in [1.807, 2.05) is 0 Å². The van der Waals surface area contributed by atoms with E-state index in [-0.39, 0.29) is 0 Å². The molecule has 3 rings (SSSR count). The second-order valence-corrected chi connectivity index (χ2v) is 5.53. The van der Waals surface area contributed by atoms with Crippen molar-refractivity contribution in [3.05, 3.63) is 95.6 Å². The van der Waals surface area contributed by atoms with E-state index in [0.717, 1.165) is 0 Å². The second-order valence-electron chi connectivity index (χ2n) is 5.53. The number of hydrogen-bond acceptors (Lipinski definition) is 0. The summed E-state index contributed by atoms with van der Waals surface area (Å²) < 4.78 is 0. The Morgan fingerprint density at radius 3 is 1.95 bits per heavy atom. The molecule has 0 aliphatic heterocycles. The lowest BCUT2D eigenvalue weighted by atomic mass is 9.84. The third-order valence-electron chi connectivity index (χ3n) is 4.14. The molecule has 0 spiro atoms. The van der Waals surface area contributed by atoms with Crippen LogP contribution < -0.4 is 0 Å². The van der Waals surface area contributed by atoms with Crippen molar-refractivity contribution in [2.75, 3.05) is 0 Å². The average Bonchev–Trinajstić information content (AvgIpc) is 2.55. The van der Waals surface area contributed by atoms with Crippen molar-refractivity contribution in [2.45, 2.75) is 19.8 Å². The summed E-state index contributed by atoms with van der Waals surface area (Å²) >= 11 is 0. The average molecular weight is 272 g/mol. The van der Waals surface area contributed by atoms with E-state index >= 15 is 0 Å². The van der Waals surface area contributed by atoms with E-state index in [1.54, 1.807) is 0 Å². The summed E-state index contributed by atoms with van der Waals surface area (Å²) in [6.45, 7) is 4.51. The highest BCUT2D eigenvalue weighted by Gasteiger charge is 2.15. The van der Waals surface area contributed by atoms with Gasteiger partial charge < -0.3 is 0 Å². The van der Waals surface area contributed by atoms with Crippen LogP contribution in [0.3, 0.4) is 0 Å². The monoisotopic (exact) mass is 272 g/mol. The predicted molar refractivity (Wildman–Crippen MR) is 90.6 cm³/mol. The van der Waals surface area contributed by atoms with Gasteiger partial charge >= 0.3 is 0 Å². The van der Waals surface area contributed by atoms with Gasteiger partial charge in [-0.1, -0.05) is 85.8 Å².